The third kappa shape index (κ3) is 3.36. The molecule has 0 bridgehead atoms. The summed E-state index contributed by atoms with van der Waals surface area (Å²) in [6, 6.07) is 5.02. The first-order chi connectivity index (χ1) is 8.06. The number of nitrogens with one attached hydrogen (secondary N) is 1. The Balaban J connectivity index is 2.20. The van der Waals surface area contributed by atoms with E-state index in [1.54, 1.807) is 12.1 Å². The summed E-state index contributed by atoms with van der Waals surface area (Å²) in [5.41, 5.74) is 0.987. The Labute approximate surface area is 112 Å². The first-order valence-electron chi connectivity index (χ1n) is 5.59. The molecule has 3 unspecified atom stereocenters. The van der Waals surface area contributed by atoms with Crippen LogP contribution in [-0.4, -0.2) is 22.3 Å². The summed E-state index contributed by atoms with van der Waals surface area (Å²) in [5, 5.41) is 3.39. The van der Waals surface area contributed by atoms with Gasteiger partial charge in [-0.05, 0) is 46.1 Å². The molecule has 2 nitrogen and oxygen atoms in total. The first kappa shape index (κ1) is 13.2. The van der Waals surface area contributed by atoms with Gasteiger partial charge in [-0.3, -0.25) is 4.21 Å². The summed E-state index contributed by atoms with van der Waals surface area (Å²) in [6.45, 7) is 2.94. The van der Waals surface area contributed by atoms with Crippen molar-refractivity contribution < 1.29 is 8.60 Å². The Kier molecular flexibility index (Phi) is 4.33. The van der Waals surface area contributed by atoms with Crippen molar-refractivity contribution in [1.29, 1.82) is 0 Å². The van der Waals surface area contributed by atoms with Gasteiger partial charge in [-0.25, -0.2) is 4.39 Å². The highest BCUT2D eigenvalue weighted by molar-refractivity contribution is 9.10. The Morgan fingerprint density at radius 1 is 1.47 bits per heavy atom. The monoisotopic (exact) mass is 319 g/mol. The van der Waals surface area contributed by atoms with Gasteiger partial charge in [0.1, 0.15) is 5.82 Å². The fourth-order valence-corrected chi connectivity index (χ4v) is 3.94. The van der Waals surface area contributed by atoms with E-state index in [1.807, 2.05) is 0 Å². The zero-order valence-electron chi connectivity index (χ0n) is 9.58. The molecule has 1 N–H and O–H groups in total. The summed E-state index contributed by atoms with van der Waals surface area (Å²) in [5.74, 6) is 1.50. The molecule has 2 rings (SSSR count). The molecular weight excluding hydrogens is 305 g/mol. The molecule has 0 amide bonds. The average Bonchev–Trinajstić information content (AvgIpc) is 2.43. The van der Waals surface area contributed by atoms with Crippen LogP contribution >= 0.6 is 15.9 Å². The average molecular weight is 320 g/mol. The quantitative estimate of drug-likeness (QED) is 0.862. The van der Waals surface area contributed by atoms with Crippen LogP contribution in [0.2, 0.25) is 0 Å². The second-order valence-corrected chi connectivity index (χ2v) is 6.91. The molecule has 1 saturated heterocycles. The maximum absolute atomic E-state index is 13.2. The van der Waals surface area contributed by atoms with Crippen molar-refractivity contribution in [3.05, 3.63) is 34.1 Å². The Hall–Kier alpha value is -0.260. The molecule has 3 atom stereocenters. The lowest BCUT2D eigenvalue weighted by Gasteiger charge is -2.16. The smallest absolute Gasteiger partial charge is 0.137 e. The van der Waals surface area contributed by atoms with Gasteiger partial charge in [-0.2, -0.15) is 0 Å². The van der Waals surface area contributed by atoms with E-state index in [1.165, 1.54) is 6.07 Å². The van der Waals surface area contributed by atoms with Gasteiger partial charge in [0.05, 0.1) is 4.47 Å². The summed E-state index contributed by atoms with van der Waals surface area (Å²) in [4.78, 5) is 0. The van der Waals surface area contributed by atoms with E-state index < -0.39 is 10.8 Å². The molecule has 0 saturated carbocycles. The van der Waals surface area contributed by atoms with Crippen molar-refractivity contribution in [2.24, 2.45) is 5.92 Å². The van der Waals surface area contributed by atoms with E-state index >= 15 is 0 Å². The van der Waals surface area contributed by atoms with Crippen molar-refractivity contribution in [3.63, 3.8) is 0 Å². The minimum atomic E-state index is -0.802. The fourth-order valence-electron chi connectivity index (χ4n) is 1.98. The SMILES string of the molecule is CC1CNC(c2ccc(F)c(Br)c2)CS(=O)C1. The Morgan fingerprint density at radius 3 is 2.94 bits per heavy atom. The molecule has 5 heteroatoms. The number of hydrogen-bond acceptors (Lipinski definition) is 2. The minimum Gasteiger partial charge on any atom is -0.309 e. The van der Waals surface area contributed by atoms with E-state index in [0.717, 1.165) is 17.9 Å². The van der Waals surface area contributed by atoms with Gasteiger partial charge in [-0.1, -0.05) is 13.0 Å². The van der Waals surface area contributed by atoms with E-state index in [4.69, 9.17) is 0 Å². The van der Waals surface area contributed by atoms with Crippen molar-refractivity contribution >= 4 is 26.7 Å². The molecule has 1 aliphatic heterocycles. The van der Waals surface area contributed by atoms with Gasteiger partial charge >= 0.3 is 0 Å². The zero-order valence-corrected chi connectivity index (χ0v) is 12.0. The maximum atomic E-state index is 13.2. The van der Waals surface area contributed by atoms with Crippen molar-refractivity contribution in [2.75, 3.05) is 18.1 Å². The highest BCUT2D eigenvalue weighted by Gasteiger charge is 2.21. The lowest BCUT2D eigenvalue weighted by atomic mass is 10.1. The van der Waals surface area contributed by atoms with E-state index in [2.05, 4.69) is 28.2 Å². The lowest BCUT2D eigenvalue weighted by Crippen LogP contribution is -2.25. The van der Waals surface area contributed by atoms with Crippen LogP contribution in [0.25, 0.3) is 0 Å². The summed E-state index contributed by atoms with van der Waals surface area (Å²) < 4.78 is 25.4. The Morgan fingerprint density at radius 2 is 2.24 bits per heavy atom. The predicted molar refractivity (Wildman–Crippen MR) is 71.9 cm³/mol. The summed E-state index contributed by atoms with van der Waals surface area (Å²) >= 11 is 3.18. The molecule has 0 aliphatic carbocycles. The van der Waals surface area contributed by atoms with E-state index in [9.17, 15) is 8.60 Å². The van der Waals surface area contributed by atoms with Crippen LogP contribution in [0.5, 0.6) is 0 Å². The summed E-state index contributed by atoms with van der Waals surface area (Å²) in [7, 11) is -0.802. The number of rotatable bonds is 1. The van der Waals surface area contributed by atoms with Gasteiger partial charge in [0.2, 0.25) is 0 Å². The standard InChI is InChI=1S/C12H15BrFNOS/c1-8-5-15-12(7-17(16)6-8)9-2-3-11(14)10(13)4-9/h2-4,8,12,15H,5-7H2,1H3. The highest BCUT2D eigenvalue weighted by atomic mass is 79.9. The maximum Gasteiger partial charge on any atom is 0.137 e. The topological polar surface area (TPSA) is 29.1 Å². The lowest BCUT2D eigenvalue weighted by molar-refractivity contribution is 0.516. The molecule has 1 aromatic carbocycles. The van der Waals surface area contributed by atoms with Crippen LogP contribution in [0.4, 0.5) is 4.39 Å². The minimum absolute atomic E-state index is 0.0534. The van der Waals surface area contributed by atoms with Gasteiger partial charge in [0.25, 0.3) is 0 Å². The predicted octanol–water partition coefficient (Wildman–Crippen LogP) is 2.62. The third-order valence-corrected chi connectivity index (χ3v) is 5.14. The summed E-state index contributed by atoms with van der Waals surface area (Å²) in [6.07, 6.45) is 0. The van der Waals surface area contributed by atoms with Crippen LogP contribution in [0.1, 0.15) is 18.5 Å². The highest BCUT2D eigenvalue weighted by Crippen LogP contribution is 2.23. The second kappa shape index (κ2) is 5.59. The molecular formula is C12H15BrFNOS. The van der Waals surface area contributed by atoms with Crippen LogP contribution in [0, 0.1) is 11.7 Å². The molecule has 1 fully saturated rings. The largest absolute Gasteiger partial charge is 0.309 e. The second-order valence-electron chi connectivity index (χ2n) is 4.51. The van der Waals surface area contributed by atoms with Gasteiger partial charge in [0, 0.05) is 28.3 Å². The molecule has 1 heterocycles. The molecule has 0 aromatic heterocycles. The Bertz CT molecular complexity index is 441. The van der Waals surface area contributed by atoms with E-state index in [0.29, 0.717) is 16.1 Å². The van der Waals surface area contributed by atoms with Crippen molar-refractivity contribution in [3.8, 4) is 0 Å². The van der Waals surface area contributed by atoms with E-state index in [-0.39, 0.29) is 11.9 Å². The van der Waals surface area contributed by atoms with Gasteiger partial charge < -0.3 is 5.32 Å². The van der Waals surface area contributed by atoms with Crippen molar-refractivity contribution in [1.82, 2.24) is 5.32 Å². The fraction of sp³-hybridized carbons (Fsp3) is 0.500. The first-order valence-corrected chi connectivity index (χ1v) is 7.87. The van der Waals surface area contributed by atoms with Crippen LogP contribution in [-0.2, 0) is 10.8 Å². The molecule has 0 spiro atoms. The van der Waals surface area contributed by atoms with Crippen molar-refractivity contribution in [2.45, 2.75) is 13.0 Å². The normalized spacial score (nSPS) is 29.9. The van der Waals surface area contributed by atoms with Gasteiger partial charge in [0.15, 0.2) is 0 Å². The number of hydrogen-bond donors (Lipinski definition) is 1. The number of benzene rings is 1. The van der Waals surface area contributed by atoms with Crippen LogP contribution in [0.3, 0.4) is 0 Å². The third-order valence-electron chi connectivity index (χ3n) is 2.88. The molecule has 94 valence electrons. The number of halogens is 2. The van der Waals surface area contributed by atoms with Crippen LogP contribution < -0.4 is 5.32 Å². The zero-order chi connectivity index (χ0) is 12.4. The molecule has 1 aliphatic rings. The molecule has 0 radical (unpaired) electrons. The molecule has 1 aromatic rings. The van der Waals surface area contributed by atoms with Crippen LogP contribution in [0.15, 0.2) is 22.7 Å². The molecule has 17 heavy (non-hydrogen) atoms. The van der Waals surface area contributed by atoms with Gasteiger partial charge in [-0.15, -0.1) is 0 Å².